The molecule has 15 heavy (non-hydrogen) atoms. The molecular formula is C10H11BrN4. The van der Waals surface area contributed by atoms with Crippen molar-refractivity contribution in [1.29, 1.82) is 0 Å². The average molecular weight is 267 g/mol. The quantitative estimate of drug-likeness (QED) is 0.909. The molecule has 0 saturated heterocycles. The number of hydrogen-bond donors (Lipinski definition) is 1. The zero-order valence-electron chi connectivity index (χ0n) is 8.53. The normalized spacial score (nSPS) is 10.3. The van der Waals surface area contributed by atoms with E-state index in [2.05, 4.69) is 31.3 Å². The first-order chi connectivity index (χ1) is 7.15. The largest absolute Gasteiger partial charge is 0.323 e. The lowest BCUT2D eigenvalue weighted by molar-refractivity contribution is 0.771. The molecule has 0 aromatic carbocycles. The van der Waals surface area contributed by atoms with Crippen LogP contribution < -0.4 is 5.32 Å². The van der Waals surface area contributed by atoms with Crippen molar-refractivity contribution in [1.82, 2.24) is 14.8 Å². The Kier molecular flexibility index (Phi) is 2.73. The van der Waals surface area contributed by atoms with E-state index in [0.717, 1.165) is 21.7 Å². The fraction of sp³-hybridized carbons (Fsp3) is 0.200. The molecule has 2 heterocycles. The molecule has 2 rings (SSSR count). The highest BCUT2D eigenvalue weighted by Gasteiger charge is 2.01. The molecule has 0 unspecified atom stereocenters. The minimum atomic E-state index is 0.798. The van der Waals surface area contributed by atoms with Gasteiger partial charge in [-0.1, -0.05) is 0 Å². The van der Waals surface area contributed by atoms with Gasteiger partial charge in [0.25, 0.3) is 0 Å². The molecule has 0 amide bonds. The summed E-state index contributed by atoms with van der Waals surface area (Å²) in [7, 11) is 1.88. The lowest BCUT2D eigenvalue weighted by Gasteiger charge is -2.03. The Balaban J connectivity index is 2.21. The van der Waals surface area contributed by atoms with E-state index in [0.29, 0.717) is 0 Å². The Hall–Kier alpha value is -1.36. The van der Waals surface area contributed by atoms with Crippen LogP contribution in [0.1, 0.15) is 5.56 Å². The van der Waals surface area contributed by atoms with Crippen LogP contribution in [0.3, 0.4) is 0 Å². The zero-order valence-corrected chi connectivity index (χ0v) is 10.1. The number of halogens is 1. The monoisotopic (exact) mass is 266 g/mol. The van der Waals surface area contributed by atoms with Crippen molar-refractivity contribution in [2.45, 2.75) is 6.92 Å². The van der Waals surface area contributed by atoms with Crippen molar-refractivity contribution < 1.29 is 0 Å². The first-order valence-corrected chi connectivity index (χ1v) is 5.33. The second kappa shape index (κ2) is 4.02. The highest BCUT2D eigenvalue weighted by atomic mass is 79.9. The molecule has 0 bridgehead atoms. The van der Waals surface area contributed by atoms with Crippen LogP contribution in [0.5, 0.6) is 0 Å². The number of hydrogen-bond acceptors (Lipinski definition) is 3. The summed E-state index contributed by atoms with van der Waals surface area (Å²) in [5.74, 6) is 1.60. The molecular weight excluding hydrogens is 256 g/mol. The summed E-state index contributed by atoms with van der Waals surface area (Å²) in [6.07, 6.45) is 3.66. The molecule has 0 atom stereocenters. The molecule has 0 fully saturated rings. The maximum atomic E-state index is 4.24. The van der Waals surface area contributed by atoms with Crippen molar-refractivity contribution in [3.05, 3.63) is 34.6 Å². The summed E-state index contributed by atoms with van der Waals surface area (Å²) in [5, 5.41) is 7.34. The maximum absolute atomic E-state index is 4.24. The maximum Gasteiger partial charge on any atom is 0.153 e. The lowest BCUT2D eigenvalue weighted by Crippen LogP contribution is -1.96. The van der Waals surface area contributed by atoms with Gasteiger partial charge in [-0.25, -0.2) is 4.98 Å². The summed E-state index contributed by atoms with van der Waals surface area (Å²) in [4.78, 5) is 4.24. The van der Waals surface area contributed by atoms with Crippen molar-refractivity contribution in [2.24, 2.45) is 7.05 Å². The Morgan fingerprint density at radius 1 is 1.40 bits per heavy atom. The Morgan fingerprint density at radius 3 is 2.80 bits per heavy atom. The van der Waals surface area contributed by atoms with Crippen LogP contribution in [0.15, 0.2) is 29.0 Å². The molecule has 0 aliphatic carbocycles. The van der Waals surface area contributed by atoms with Gasteiger partial charge in [0.15, 0.2) is 5.82 Å². The molecule has 0 spiro atoms. The third-order valence-electron chi connectivity index (χ3n) is 2.02. The lowest BCUT2D eigenvalue weighted by atomic mass is 10.3. The number of anilines is 2. The van der Waals surface area contributed by atoms with Crippen molar-refractivity contribution >= 4 is 27.6 Å². The highest BCUT2D eigenvalue weighted by Crippen LogP contribution is 2.19. The van der Waals surface area contributed by atoms with Gasteiger partial charge in [0.05, 0.1) is 0 Å². The van der Waals surface area contributed by atoms with Crippen LogP contribution in [-0.2, 0) is 7.05 Å². The van der Waals surface area contributed by atoms with E-state index in [1.54, 1.807) is 10.9 Å². The molecule has 78 valence electrons. The number of aromatic nitrogens is 3. The minimum Gasteiger partial charge on any atom is -0.323 e. The Morgan fingerprint density at radius 2 is 2.20 bits per heavy atom. The molecule has 0 radical (unpaired) electrons. The molecule has 4 nitrogen and oxygen atoms in total. The second-order valence-electron chi connectivity index (χ2n) is 3.32. The van der Waals surface area contributed by atoms with Crippen molar-refractivity contribution in [2.75, 3.05) is 5.32 Å². The topological polar surface area (TPSA) is 42.7 Å². The van der Waals surface area contributed by atoms with E-state index in [-0.39, 0.29) is 0 Å². The number of rotatable bonds is 2. The fourth-order valence-corrected chi connectivity index (χ4v) is 1.44. The highest BCUT2D eigenvalue weighted by molar-refractivity contribution is 9.10. The van der Waals surface area contributed by atoms with Crippen molar-refractivity contribution in [3.63, 3.8) is 0 Å². The van der Waals surface area contributed by atoms with Gasteiger partial charge < -0.3 is 5.32 Å². The Labute approximate surface area is 96.5 Å². The SMILES string of the molecule is Cc1cc(Nc2ccn(C)n2)ncc1Br. The van der Waals surface area contributed by atoms with Gasteiger partial charge in [-0.3, -0.25) is 4.68 Å². The van der Waals surface area contributed by atoms with Crippen LogP contribution in [-0.4, -0.2) is 14.8 Å². The number of nitrogens with zero attached hydrogens (tertiary/aromatic N) is 3. The van der Waals surface area contributed by atoms with Gasteiger partial charge >= 0.3 is 0 Å². The van der Waals surface area contributed by atoms with Gasteiger partial charge in [0, 0.05) is 30.0 Å². The van der Waals surface area contributed by atoms with Crippen LogP contribution in [0.2, 0.25) is 0 Å². The van der Waals surface area contributed by atoms with E-state index in [9.17, 15) is 0 Å². The van der Waals surface area contributed by atoms with Crippen LogP contribution in [0.4, 0.5) is 11.6 Å². The summed E-state index contributed by atoms with van der Waals surface area (Å²) in [6.45, 7) is 2.02. The van der Waals surface area contributed by atoms with E-state index < -0.39 is 0 Å². The fourth-order valence-electron chi connectivity index (χ4n) is 1.22. The van der Waals surface area contributed by atoms with Gasteiger partial charge in [-0.05, 0) is 34.5 Å². The molecule has 5 heteroatoms. The van der Waals surface area contributed by atoms with E-state index in [1.807, 2.05) is 32.3 Å². The molecule has 1 N–H and O–H groups in total. The smallest absolute Gasteiger partial charge is 0.153 e. The van der Waals surface area contributed by atoms with Gasteiger partial charge in [-0.15, -0.1) is 0 Å². The average Bonchev–Trinajstić information content (AvgIpc) is 2.58. The summed E-state index contributed by atoms with van der Waals surface area (Å²) in [6, 6.07) is 3.87. The number of nitrogens with one attached hydrogen (secondary N) is 1. The number of pyridine rings is 1. The van der Waals surface area contributed by atoms with E-state index >= 15 is 0 Å². The first kappa shape index (κ1) is 10.2. The van der Waals surface area contributed by atoms with E-state index in [4.69, 9.17) is 0 Å². The van der Waals surface area contributed by atoms with Crippen molar-refractivity contribution in [3.8, 4) is 0 Å². The third-order valence-corrected chi connectivity index (χ3v) is 2.85. The van der Waals surface area contributed by atoms with Crippen LogP contribution in [0.25, 0.3) is 0 Å². The summed E-state index contributed by atoms with van der Waals surface area (Å²) >= 11 is 3.41. The van der Waals surface area contributed by atoms with Crippen LogP contribution in [0, 0.1) is 6.92 Å². The molecule has 0 aliphatic heterocycles. The summed E-state index contributed by atoms with van der Waals surface area (Å²) < 4.78 is 2.75. The standard InChI is InChI=1S/C10H11BrN4/c1-7-5-10(12-6-8(7)11)13-9-3-4-15(2)14-9/h3-6H,1-2H3,(H,12,13,14). The minimum absolute atomic E-state index is 0.798. The number of aryl methyl sites for hydroxylation is 2. The molecule has 0 saturated carbocycles. The third kappa shape index (κ3) is 2.36. The van der Waals surface area contributed by atoms with Gasteiger partial charge in [-0.2, -0.15) is 5.10 Å². The van der Waals surface area contributed by atoms with Crippen LogP contribution >= 0.6 is 15.9 Å². The second-order valence-corrected chi connectivity index (χ2v) is 4.17. The van der Waals surface area contributed by atoms with Gasteiger partial charge in [0.2, 0.25) is 0 Å². The first-order valence-electron chi connectivity index (χ1n) is 4.54. The zero-order chi connectivity index (χ0) is 10.8. The predicted octanol–water partition coefficient (Wildman–Crippen LogP) is 2.63. The molecule has 2 aromatic heterocycles. The predicted molar refractivity (Wildman–Crippen MR) is 63.2 cm³/mol. The van der Waals surface area contributed by atoms with Gasteiger partial charge in [0.1, 0.15) is 5.82 Å². The van der Waals surface area contributed by atoms with E-state index in [1.165, 1.54) is 0 Å². The Bertz CT molecular complexity index is 478. The molecule has 0 aliphatic rings. The molecule has 2 aromatic rings. The summed E-state index contributed by atoms with van der Waals surface area (Å²) in [5.41, 5.74) is 1.14.